The van der Waals surface area contributed by atoms with Crippen molar-refractivity contribution < 1.29 is 19.7 Å². The highest BCUT2D eigenvalue weighted by atomic mass is 16.5. The fourth-order valence-corrected chi connectivity index (χ4v) is 2.64. The first-order chi connectivity index (χ1) is 10.8. The van der Waals surface area contributed by atoms with Crippen LogP contribution in [0.3, 0.4) is 0 Å². The van der Waals surface area contributed by atoms with Crippen LogP contribution in [0, 0.1) is 12.8 Å². The van der Waals surface area contributed by atoms with Crippen LogP contribution in [0.15, 0.2) is 11.6 Å². The first-order valence-electron chi connectivity index (χ1n) is 8.14. The van der Waals surface area contributed by atoms with Crippen LogP contribution in [0.2, 0.25) is 0 Å². The molecule has 0 spiro atoms. The Hall–Kier alpha value is -1.84. The topological polar surface area (TPSA) is 58.9 Å². The molecule has 0 fully saturated rings. The molecule has 0 aliphatic carbocycles. The van der Waals surface area contributed by atoms with Crippen molar-refractivity contribution in [3.8, 4) is 23.0 Å². The molecule has 0 amide bonds. The van der Waals surface area contributed by atoms with Crippen molar-refractivity contribution >= 4 is 0 Å². The van der Waals surface area contributed by atoms with Gasteiger partial charge in [-0.25, -0.2) is 0 Å². The Morgan fingerprint density at radius 1 is 1.09 bits per heavy atom. The fraction of sp³-hybridized carbons (Fsp3) is 0.579. The zero-order chi connectivity index (χ0) is 17.6. The Balaban J connectivity index is 2.98. The van der Waals surface area contributed by atoms with E-state index in [1.54, 1.807) is 6.92 Å². The molecule has 0 saturated carbocycles. The van der Waals surface area contributed by atoms with Gasteiger partial charge < -0.3 is 19.7 Å². The second-order valence-corrected chi connectivity index (χ2v) is 6.41. The molecule has 4 nitrogen and oxygen atoms in total. The molecule has 0 bridgehead atoms. The smallest absolute Gasteiger partial charge is 0.207 e. The Labute approximate surface area is 139 Å². The van der Waals surface area contributed by atoms with Gasteiger partial charge in [-0.05, 0) is 39.0 Å². The number of methoxy groups -OCH3 is 2. The van der Waals surface area contributed by atoms with Gasteiger partial charge in [0.25, 0.3) is 0 Å². The Morgan fingerprint density at radius 3 is 2.17 bits per heavy atom. The molecule has 130 valence electrons. The Morgan fingerprint density at radius 2 is 1.65 bits per heavy atom. The number of allylic oxidation sites excluding steroid dienone is 2. The minimum absolute atomic E-state index is 0.0167. The first-order valence-corrected chi connectivity index (χ1v) is 8.14. The minimum Gasteiger partial charge on any atom is -0.504 e. The summed E-state index contributed by atoms with van der Waals surface area (Å²) in [5.41, 5.74) is 2.58. The molecule has 0 aliphatic rings. The molecule has 1 rings (SSSR count). The molecule has 0 aromatic heterocycles. The van der Waals surface area contributed by atoms with Gasteiger partial charge in [0.15, 0.2) is 11.5 Å². The van der Waals surface area contributed by atoms with E-state index >= 15 is 0 Å². The molecule has 2 N–H and O–H groups in total. The van der Waals surface area contributed by atoms with Crippen molar-refractivity contribution in [3.63, 3.8) is 0 Å². The van der Waals surface area contributed by atoms with Crippen molar-refractivity contribution in [2.24, 2.45) is 5.92 Å². The number of phenolic OH excluding ortho intramolecular Hbond substituents is 2. The highest BCUT2D eigenvalue weighted by molar-refractivity contribution is 5.66. The summed E-state index contributed by atoms with van der Waals surface area (Å²) in [5.74, 6) is 1.12. The summed E-state index contributed by atoms with van der Waals surface area (Å²) in [6.07, 6.45) is 6.10. The molecule has 1 aromatic carbocycles. The number of phenols is 2. The normalized spacial score (nSPS) is 11.9. The molecule has 0 unspecified atom stereocenters. The molecule has 0 heterocycles. The van der Waals surface area contributed by atoms with Crippen molar-refractivity contribution in [1.82, 2.24) is 0 Å². The summed E-state index contributed by atoms with van der Waals surface area (Å²) in [7, 11) is 2.89. The standard InChI is InChI=1S/C19H30O4/c1-12(2)8-7-9-13(3)10-11-15-14(4)16(20)18(22-5)19(23-6)17(15)21/h10,12,20-21H,7-9,11H2,1-6H3/b13-10+. The van der Waals surface area contributed by atoms with Gasteiger partial charge in [0, 0.05) is 11.1 Å². The van der Waals surface area contributed by atoms with E-state index in [9.17, 15) is 10.2 Å². The second-order valence-electron chi connectivity index (χ2n) is 6.41. The highest BCUT2D eigenvalue weighted by Crippen LogP contribution is 2.48. The van der Waals surface area contributed by atoms with Crippen LogP contribution in [-0.2, 0) is 6.42 Å². The van der Waals surface area contributed by atoms with E-state index in [-0.39, 0.29) is 23.0 Å². The lowest BCUT2D eigenvalue weighted by Crippen LogP contribution is -1.98. The summed E-state index contributed by atoms with van der Waals surface area (Å²) in [5, 5.41) is 20.7. The summed E-state index contributed by atoms with van der Waals surface area (Å²) >= 11 is 0. The molecule has 0 saturated heterocycles. The predicted molar refractivity (Wildman–Crippen MR) is 93.8 cm³/mol. The predicted octanol–water partition coefficient (Wildman–Crippen LogP) is 4.74. The van der Waals surface area contributed by atoms with Gasteiger partial charge in [-0.2, -0.15) is 0 Å². The summed E-state index contributed by atoms with van der Waals surface area (Å²) < 4.78 is 10.3. The molecular weight excluding hydrogens is 292 g/mol. The average Bonchev–Trinajstić information content (AvgIpc) is 2.50. The van der Waals surface area contributed by atoms with Crippen molar-refractivity contribution in [1.29, 1.82) is 0 Å². The van der Waals surface area contributed by atoms with Gasteiger partial charge in [0.1, 0.15) is 0 Å². The molecule has 23 heavy (non-hydrogen) atoms. The van der Waals surface area contributed by atoms with Crippen LogP contribution in [0.1, 0.15) is 51.2 Å². The maximum Gasteiger partial charge on any atom is 0.207 e. The van der Waals surface area contributed by atoms with Crippen LogP contribution >= 0.6 is 0 Å². The monoisotopic (exact) mass is 322 g/mol. The number of benzene rings is 1. The molecule has 0 atom stereocenters. The maximum atomic E-state index is 10.4. The van der Waals surface area contributed by atoms with Crippen molar-refractivity contribution in [3.05, 3.63) is 22.8 Å². The van der Waals surface area contributed by atoms with E-state index in [1.807, 2.05) is 0 Å². The molecular formula is C19H30O4. The Bertz CT molecular complexity index is 559. The van der Waals surface area contributed by atoms with E-state index in [1.165, 1.54) is 32.6 Å². The highest BCUT2D eigenvalue weighted by Gasteiger charge is 2.22. The number of ether oxygens (including phenoxy) is 2. The second kappa shape index (κ2) is 8.70. The summed E-state index contributed by atoms with van der Waals surface area (Å²) in [4.78, 5) is 0. The molecule has 1 aromatic rings. The zero-order valence-electron chi connectivity index (χ0n) is 15.2. The van der Waals surface area contributed by atoms with E-state index in [4.69, 9.17) is 9.47 Å². The fourth-order valence-electron chi connectivity index (χ4n) is 2.64. The lowest BCUT2D eigenvalue weighted by atomic mass is 9.98. The quantitative estimate of drug-likeness (QED) is 0.536. The molecule has 4 heteroatoms. The van der Waals surface area contributed by atoms with Crippen molar-refractivity contribution in [2.45, 2.75) is 53.4 Å². The van der Waals surface area contributed by atoms with Gasteiger partial charge >= 0.3 is 0 Å². The third kappa shape index (κ3) is 4.81. The van der Waals surface area contributed by atoms with Gasteiger partial charge in [0.05, 0.1) is 14.2 Å². The van der Waals surface area contributed by atoms with E-state index < -0.39 is 0 Å². The van der Waals surface area contributed by atoms with Gasteiger partial charge in [-0.3, -0.25) is 0 Å². The Kier molecular flexibility index (Phi) is 7.27. The number of rotatable bonds is 8. The maximum absolute atomic E-state index is 10.4. The zero-order valence-corrected chi connectivity index (χ0v) is 15.2. The van der Waals surface area contributed by atoms with E-state index in [2.05, 4.69) is 26.8 Å². The SMILES string of the molecule is COc1c(O)c(C)c(C/C=C(\C)CCCC(C)C)c(O)c1OC. The first kappa shape index (κ1) is 19.2. The number of hydrogen-bond acceptors (Lipinski definition) is 4. The largest absolute Gasteiger partial charge is 0.504 e. The minimum atomic E-state index is 0.0167. The van der Waals surface area contributed by atoms with Crippen LogP contribution in [0.5, 0.6) is 23.0 Å². The lowest BCUT2D eigenvalue weighted by Gasteiger charge is -2.17. The lowest BCUT2D eigenvalue weighted by molar-refractivity contribution is 0.314. The van der Waals surface area contributed by atoms with E-state index in [0.29, 0.717) is 17.5 Å². The van der Waals surface area contributed by atoms with Crippen LogP contribution in [0.25, 0.3) is 0 Å². The van der Waals surface area contributed by atoms with Gasteiger partial charge in [-0.15, -0.1) is 0 Å². The average molecular weight is 322 g/mol. The third-order valence-corrected chi connectivity index (χ3v) is 4.15. The van der Waals surface area contributed by atoms with Crippen LogP contribution in [-0.4, -0.2) is 24.4 Å². The van der Waals surface area contributed by atoms with E-state index in [0.717, 1.165) is 12.3 Å². The van der Waals surface area contributed by atoms with Crippen molar-refractivity contribution in [2.75, 3.05) is 14.2 Å². The molecule has 0 aliphatic heterocycles. The van der Waals surface area contributed by atoms with Crippen LogP contribution in [0.4, 0.5) is 0 Å². The molecule has 0 radical (unpaired) electrons. The summed E-state index contributed by atoms with van der Waals surface area (Å²) in [6, 6.07) is 0. The number of hydrogen-bond donors (Lipinski definition) is 2. The third-order valence-electron chi connectivity index (χ3n) is 4.15. The van der Waals surface area contributed by atoms with Gasteiger partial charge in [0.2, 0.25) is 11.5 Å². The summed E-state index contributed by atoms with van der Waals surface area (Å²) in [6.45, 7) is 8.33. The van der Waals surface area contributed by atoms with Crippen LogP contribution < -0.4 is 9.47 Å². The number of aromatic hydroxyl groups is 2. The van der Waals surface area contributed by atoms with Gasteiger partial charge in [-0.1, -0.05) is 31.9 Å².